The van der Waals surface area contributed by atoms with Crippen molar-refractivity contribution in [2.75, 3.05) is 11.5 Å². The van der Waals surface area contributed by atoms with E-state index >= 15 is 0 Å². The van der Waals surface area contributed by atoms with Crippen LogP contribution in [0.15, 0.2) is 22.7 Å². The van der Waals surface area contributed by atoms with Crippen LogP contribution < -0.4 is 11.5 Å². The van der Waals surface area contributed by atoms with E-state index in [0.717, 1.165) is 13.6 Å². The molecule has 0 saturated carbocycles. The van der Waals surface area contributed by atoms with Crippen LogP contribution in [0.2, 0.25) is 0 Å². The smallest absolute Gasteiger partial charge is 0.222 e. The summed E-state index contributed by atoms with van der Waals surface area (Å²) in [5.74, 6) is 0.137. The molecule has 0 spiro atoms. The van der Waals surface area contributed by atoms with Gasteiger partial charge in [-0.3, -0.25) is 0 Å². The van der Waals surface area contributed by atoms with E-state index in [0.29, 0.717) is 5.69 Å². The molecule has 1 aromatic heterocycles. The zero-order valence-corrected chi connectivity index (χ0v) is 12.7. The lowest BCUT2D eigenvalue weighted by Crippen LogP contribution is -2.05. The van der Waals surface area contributed by atoms with Crippen molar-refractivity contribution in [3.05, 3.63) is 31.8 Å². The van der Waals surface area contributed by atoms with Gasteiger partial charge in [0.25, 0.3) is 0 Å². The van der Waals surface area contributed by atoms with Crippen LogP contribution in [0.5, 0.6) is 0 Å². The van der Waals surface area contributed by atoms with Gasteiger partial charge in [0, 0.05) is 13.6 Å². The van der Waals surface area contributed by atoms with E-state index in [1.54, 1.807) is 0 Å². The first kappa shape index (κ1) is 13.0. The Bertz CT molecular complexity index is 665. The van der Waals surface area contributed by atoms with Crippen LogP contribution in [0.1, 0.15) is 5.56 Å². The lowest BCUT2D eigenvalue weighted by atomic mass is 10.1. The lowest BCUT2D eigenvalue weighted by molar-refractivity contribution is 1.18. The SMILES string of the molecule is N#Cc1c(N)nc(N)nc1-c1cccc(I)c1Br. The van der Waals surface area contributed by atoms with Gasteiger partial charge < -0.3 is 11.5 Å². The molecular formula is C11H7BrIN5. The quantitative estimate of drug-likeness (QED) is 0.697. The Morgan fingerprint density at radius 3 is 2.67 bits per heavy atom. The highest BCUT2D eigenvalue weighted by Crippen LogP contribution is 2.33. The fraction of sp³-hybridized carbons (Fsp3) is 0. The maximum Gasteiger partial charge on any atom is 0.222 e. The predicted molar refractivity (Wildman–Crippen MR) is 81.4 cm³/mol. The Morgan fingerprint density at radius 2 is 2.00 bits per heavy atom. The average molecular weight is 416 g/mol. The van der Waals surface area contributed by atoms with Crippen molar-refractivity contribution >= 4 is 50.3 Å². The van der Waals surface area contributed by atoms with Crippen molar-refractivity contribution in [1.82, 2.24) is 9.97 Å². The number of hydrogen-bond acceptors (Lipinski definition) is 5. The molecule has 0 bridgehead atoms. The second-order valence-electron chi connectivity index (χ2n) is 3.40. The zero-order chi connectivity index (χ0) is 13.3. The molecule has 5 nitrogen and oxygen atoms in total. The number of nitrogens with zero attached hydrogens (tertiary/aromatic N) is 3. The molecule has 2 rings (SSSR count). The number of nitriles is 1. The van der Waals surface area contributed by atoms with E-state index in [1.165, 1.54) is 0 Å². The van der Waals surface area contributed by atoms with Crippen LogP contribution in [0, 0.1) is 14.9 Å². The van der Waals surface area contributed by atoms with Crippen LogP contribution >= 0.6 is 38.5 Å². The minimum Gasteiger partial charge on any atom is -0.382 e. The van der Waals surface area contributed by atoms with Gasteiger partial charge in [-0.05, 0) is 44.6 Å². The molecule has 0 aliphatic rings. The van der Waals surface area contributed by atoms with Gasteiger partial charge >= 0.3 is 0 Å². The van der Waals surface area contributed by atoms with Crippen LogP contribution in [0.3, 0.4) is 0 Å². The second kappa shape index (κ2) is 5.07. The maximum atomic E-state index is 9.14. The Labute approximate surface area is 125 Å². The number of nitrogens with two attached hydrogens (primary N) is 2. The molecule has 18 heavy (non-hydrogen) atoms. The molecule has 0 fully saturated rings. The van der Waals surface area contributed by atoms with Gasteiger partial charge in [0.15, 0.2) is 0 Å². The summed E-state index contributed by atoms with van der Waals surface area (Å²) in [6.45, 7) is 0. The summed E-state index contributed by atoms with van der Waals surface area (Å²) >= 11 is 5.65. The van der Waals surface area contributed by atoms with Crippen LogP contribution in [0.4, 0.5) is 11.8 Å². The molecule has 0 radical (unpaired) electrons. The summed E-state index contributed by atoms with van der Waals surface area (Å²) in [5.41, 5.74) is 12.7. The minimum absolute atomic E-state index is 0.0484. The number of hydrogen-bond donors (Lipinski definition) is 2. The van der Waals surface area contributed by atoms with Crippen LogP contribution in [-0.4, -0.2) is 9.97 Å². The highest BCUT2D eigenvalue weighted by molar-refractivity contribution is 14.1. The summed E-state index contributed by atoms with van der Waals surface area (Å²) in [7, 11) is 0. The molecule has 0 amide bonds. The van der Waals surface area contributed by atoms with Crippen molar-refractivity contribution in [2.24, 2.45) is 0 Å². The number of anilines is 2. The van der Waals surface area contributed by atoms with Crippen LogP contribution in [-0.2, 0) is 0 Å². The van der Waals surface area contributed by atoms with E-state index < -0.39 is 0 Å². The molecule has 1 heterocycles. The van der Waals surface area contributed by atoms with Gasteiger partial charge in [0.1, 0.15) is 17.5 Å². The zero-order valence-electron chi connectivity index (χ0n) is 8.98. The largest absolute Gasteiger partial charge is 0.382 e. The monoisotopic (exact) mass is 415 g/mol. The molecule has 0 atom stereocenters. The Morgan fingerprint density at radius 1 is 1.28 bits per heavy atom. The van der Waals surface area contributed by atoms with Gasteiger partial charge in [-0.1, -0.05) is 12.1 Å². The minimum atomic E-state index is 0.0484. The first-order valence-electron chi connectivity index (χ1n) is 4.82. The maximum absolute atomic E-state index is 9.14. The van der Waals surface area contributed by atoms with E-state index in [9.17, 15) is 0 Å². The van der Waals surface area contributed by atoms with E-state index in [2.05, 4.69) is 48.5 Å². The molecule has 7 heteroatoms. The van der Waals surface area contributed by atoms with Gasteiger partial charge in [-0.2, -0.15) is 10.2 Å². The van der Waals surface area contributed by atoms with Crippen molar-refractivity contribution in [3.8, 4) is 17.3 Å². The third-order valence-corrected chi connectivity index (χ3v) is 4.77. The molecular weight excluding hydrogens is 409 g/mol. The third-order valence-electron chi connectivity index (χ3n) is 2.27. The molecule has 0 aliphatic heterocycles. The topological polar surface area (TPSA) is 102 Å². The Balaban J connectivity index is 2.79. The normalized spacial score (nSPS) is 10.1. The second-order valence-corrected chi connectivity index (χ2v) is 5.36. The van der Waals surface area contributed by atoms with Crippen molar-refractivity contribution in [1.29, 1.82) is 5.26 Å². The molecule has 2 aromatic rings. The summed E-state index contributed by atoms with van der Waals surface area (Å²) in [4.78, 5) is 7.90. The number of benzene rings is 1. The fourth-order valence-corrected chi connectivity index (χ4v) is 2.44. The van der Waals surface area contributed by atoms with Gasteiger partial charge in [0.05, 0.1) is 5.69 Å². The highest BCUT2D eigenvalue weighted by Gasteiger charge is 2.16. The molecule has 0 unspecified atom stereocenters. The summed E-state index contributed by atoms with van der Waals surface area (Å²) in [5, 5.41) is 9.14. The van der Waals surface area contributed by atoms with Gasteiger partial charge in [-0.15, -0.1) is 0 Å². The molecule has 90 valence electrons. The number of nitrogen functional groups attached to an aromatic ring is 2. The fourth-order valence-electron chi connectivity index (χ4n) is 1.49. The van der Waals surface area contributed by atoms with E-state index in [4.69, 9.17) is 16.7 Å². The number of rotatable bonds is 1. The predicted octanol–water partition coefficient (Wildman–Crippen LogP) is 2.55. The average Bonchev–Trinajstić information content (AvgIpc) is 2.32. The molecule has 0 saturated heterocycles. The van der Waals surface area contributed by atoms with Gasteiger partial charge in [-0.25, -0.2) is 4.98 Å². The van der Waals surface area contributed by atoms with Crippen molar-refractivity contribution < 1.29 is 0 Å². The molecule has 1 aromatic carbocycles. The van der Waals surface area contributed by atoms with E-state index in [-0.39, 0.29) is 17.3 Å². The van der Waals surface area contributed by atoms with Crippen molar-refractivity contribution in [2.45, 2.75) is 0 Å². The Kier molecular flexibility index (Phi) is 3.68. The first-order chi connectivity index (χ1) is 8.54. The summed E-state index contributed by atoms with van der Waals surface area (Å²) < 4.78 is 1.85. The summed E-state index contributed by atoms with van der Waals surface area (Å²) in [6.07, 6.45) is 0. The molecule has 4 N–H and O–H groups in total. The number of halogens is 2. The van der Waals surface area contributed by atoms with Gasteiger partial charge in [0.2, 0.25) is 5.95 Å². The standard InChI is InChI=1S/C11H7BrIN5/c12-8-5(2-1-3-7(8)13)9-6(4-14)10(15)18-11(16)17-9/h1-3H,(H4,15,16,17,18). The summed E-state index contributed by atoms with van der Waals surface area (Å²) in [6, 6.07) is 7.66. The molecule has 0 aliphatic carbocycles. The van der Waals surface area contributed by atoms with E-state index in [1.807, 2.05) is 24.3 Å². The Hall–Kier alpha value is -1.40. The lowest BCUT2D eigenvalue weighted by Gasteiger charge is -2.09. The highest BCUT2D eigenvalue weighted by atomic mass is 127. The van der Waals surface area contributed by atoms with Crippen LogP contribution in [0.25, 0.3) is 11.3 Å². The third kappa shape index (κ3) is 2.26. The first-order valence-corrected chi connectivity index (χ1v) is 6.69. The number of aromatic nitrogens is 2. The van der Waals surface area contributed by atoms with Crippen molar-refractivity contribution in [3.63, 3.8) is 0 Å².